The number of hydrogen-bond donors (Lipinski definition) is 1. The number of carbonyl (C=O) groups is 1. The first kappa shape index (κ1) is 25.0. The lowest BCUT2D eigenvalue weighted by Crippen LogP contribution is -2.49. The molecule has 38 heavy (non-hydrogen) atoms. The SMILES string of the molecule is CCCN1CCC(COc2ccc(CC3c4ccc(O)cc4CC4(CC4)N3C(=O)c3ccccc3)cc2)C1. The number of amides is 1. The molecular weight excluding hydrogens is 472 g/mol. The summed E-state index contributed by atoms with van der Waals surface area (Å²) < 4.78 is 6.17. The standard InChI is InChI=1S/C33H38N2O3/c1-2-17-34-18-14-25(22-34)23-38-29-11-8-24(9-12-29)19-31-30-13-10-28(36)20-27(30)21-33(15-16-33)35(31)32(37)26-6-4-3-5-7-26/h3-13,20,25,31,36H,2,14-19,21-23H2,1H3. The lowest BCUT2D eigenvalue weighted by Gasteiger charge is -2.44. The minimum absolute atomic E-state index is 0.0793. The Bertz CT molecular complexity index is 1270. The molecule has 2 aliphatic heterocycles. The molecule has 3 aromatic carbocycles. The molecule has 0 radical (unpaired) electrons. The third-order valence-electron chi connectivity index (χ3n) is 8.64. The van der Waals surface area contributed by atoms with Crippen LogP contribution in [0, 0.1) is 5.92 Å². The van der Waals surface area contributed by atoms with Crippen molar-refractivity contribution in [2.45, 2.75) is 57.0 Å². The maximum absolute atomic E-state index is 13.9. The summed E-state index contributed by atoms with van der Waals surface area (Å²) in [5.41, 5.74) is 4.06. The molecule has 5 nitrogen and oxygen atoms in total. The van der Waals surface area contributed by atoms with E-state index >= 15 is 0 Å². The summed E-state index contributed by atoms with van der Waals surface area (Å²) in [6.45, 7) is 6.50. The molecule has 0 aromatic heterocycles. The van der Waals surface area contributed by atoms with Crippen LogP contribution in [0.5, 0.6) is 11.5 Å². The molecule has 1 amide bonds. The first-order chi connectivity index (χ1) is 18.5. The molecule has 2 unspecified atom stereocenters. The van der Waals surface area contributed by atoms with Gasteiger partial charge in [0, 0.05) is 23.6 Å². The van der Waals surface area contributed by atoms with Gasteiger partial charge in [-0.1, -0.05) is 43.3 Å². The molecule has 5 heteroatoms. The zero-order valence-corrected chi connectivity index (χ0v) is 22.3. The Kier molecular flexibility index (Phi) is 6.87. The molecule has 2 atom stereocenters. The van der Waals surface area contributed by atoms with Gasteiger partial charge in [-0.15, -0.1) is 0 Å². The smallest absolute Gasteiger partial charge is 0.254 e. The second-order valence-corrected chi connectivity index (χ2v) is 11.5. The minimum Gasteiger partial charge on any atom is -0.508 e. The summed E-state index contributed by atoms with van der Waals surface area (Å²) in [7, 11) is 0. The van der Waals surface area contributed by atoms with Gasteiger partial charge in [0.25, 0.3) is 5.91 Å². The average molecular weight is 511 g/mol. The van der Waals surface area contributed by atoms with E-state index in [-0.39, 0.29) is 17.5 Å². The predicted octanol–water partition coefficient (Wildman–Crippen LogP) is 6.02. The summed E-state index contributed by atoms with van der Waals surface area (Å²) in [6.07, 6.45) is 5.95. The van der Waals surface area contributed by atoms with E-state index in [4.69, 9.17) is 4.74 Å². The zero-order valence-electron chi connectivity index (χ0n) is 22.3. The van der Waals surface area contributed by atoms with Crippen molar-refractivity contribution >= 4 is 5.91 Å². The zero-order chi connectivity index (χ0) is 26.1. The van der Waals surface area contributed by atoms with Crippen molar-refractivity contribution in [1.29, 1.82) is 0 Å². The number of phenolic OH excluding ortho intramolecular Hbond substituents is 1. The van der Waals surface area contributed by atoms with Crippen LogP contribution < -0.4 is 4.74 Å². The van der Waals surface area contributed by atoms with E-state index in [9.17, 15) is 9.90 Å². The Morgan fingerprint density at radius 2 is 1.84 bits per heavy atom. The van der Waals surface area contributed by atoms with E-state index in [1.807, 2.05) is 42.5 Å². The maximum atomic E-state index is 13.9. The van der Waals surface area contributed by atoms with Crippen molar-refractivity contribution in [3.8, 4) is 11.5 Å². The van der Waals surface area contributed by atoms with Crippen LogP contribution in [0.15, 0.2) is 72.8 Å². The van der Waals surface area contributed by atoms with Gasteiger partial charge in [-0.2, -0.15) is 0 Å². The molecular formula is C33H38N2O3. The highest BCUT2D eigenvalue weighted by Gasteiger charge is 2.55. The van der Waals surface area contributed by atoms with E-state index < -0.39 is 0 Å². The molecule has 1 saturated heterocycles. The molecule has 3 aromatic rings. The predicted molar refractivity (Wildman–Crippen MR) is 150 cm³/mol. The monoisotopic (exact) mass is 510 g/mol. The lowest BCUT2D eigenvalue weighted by atomic mass is 9.83. The van der Waals surface area contributed by atoms with Crippen molar-refractivity contribution in [3.63, 3.8) is 0 Å². The van der Waals surface area contributed by atoms with Gasteiger partial charge in [0.05, 0.1) is 12.6 Å². The quantitative estimate of drug-likeness (QED) is 0.403. The van der Waals surface area contributed by atoms with Crippen LogP contribution >= 0.6 is 0 Å². The van der Waals surface area contributed by atoms with Crippen LogP contribution in [0.25, 0.3) is 0 Å². The Balaban J connectivity index is 1.21. The van der Waals surface area contributed by atoms with Gasteiger partial charge in [-0.25, -0.2) is 0 Å². The van der Waals surface area contributed by atoms with Crippen LogP contribution in [-0.4, -0.2) is 52.6 Å². The number of fused-ring (bicyclic) bond motifs is 1. The van der Waals surface area contributed by atoms with Gasteiger partial charge < -0.3 is 19.6 Å². The second kappa shape index (κ2) is 10.5. The van der Waals surface area contributed by atoms with Gasteiger partial charge in [-0.05, 0) is 105 Å². The molecule has 2 fully saturated rings. The highest BCUT2D eigenvalue weighted by atomic mass is 16.5. The number of hydrogen-bond acceptors (Lipinski definition) is 4. The molecule has 2 heterocycles. The van der Waals surface area contributed by atoms with Gasteiger partial charge >= 0.3 is 0 Å². The van der Waals surface area contributed by atoms with Crippen LogP contribution in [0.3, 0.4) is 0 Å². The average Bonchev–Trinajstić information content (AvgIpc) is 3.54. The summed E-state index contributed by atoms with van der Waals surface area (Å²) in [5.74, 6) is 1.90. The molecule has 3 aliphatic rings. The number of nitrogens with zero attached hydrogens (tertiary/aromatic N) is 2. The fraction of sp³-hybridized carbons (Fsp3) is 0.424. The fourth-order valence-electron chi connectivity index (χ4n) is 6.55. The lowest BCUT2D eigenvalue weighted by molar-refractivity contribution is 0.0486. The highest BCUT2D eigenvalue weighted by Crippen LogP contribution is 2.54. The number of phenols is 1. The maximum Gasteiger partial charge on any atom is 0.254 e. The number of benzene rings is 3. The van der Waals surface area contributed by atoms with Gasteiger partial charge in [-0.3, -0.25) is 4.79 Å². The molecule has 1 aliphatic carbocycles. The van der Waals surface area contributed by atoms with Crippen molar-refractivity contribution in [1.82, 2.24) is 9.80 Å². The highest BCUT2D eigenvalue weighted by molar-refractivity contribution is 5.95. The normalized spacial score (nSPS) is 21.9. The fourth-order valence-corrected chi connectivity index (χ4v) is 6.55. The summed E-state index contributed by atoms with van der Waals surface area (Å²) in [6, 6.07) is 23.7. The summed E-state index contributed by atoms with van der Waals surface area (Å²) >= 11 is 0. The van der Waals surface area contributed by atoms with E-state index in [1.165, 1.54) is 37.1 Å². The van der Waals surface area contributed by atoms with Crippen LogP contribution in [0.4, 0.5) is 0 Å². The summed E-state index contributed by atoms with van der Waals surface area (Å²) in [4.78, 5) is 18.6. The third kappa shape index (κ3) is 5.04. The van der Waals surface area contributed by atoms with E-state index in [0.717, 1.165) is 55.7 Å². The number of likely N-dealkylation sites (tertiary alicyclic amines) is 1. The molecule has 1 spiro atoms. The molecule has 1 N–H and O–H groups in total. The van der Waals surface area contributed by atoms with Crippen LogP contribution in [-0.2, 0) is 12.8 Å². The third-order valence-corrected chi connectivity index (χ3v) is 8.64. The van der Waals surface area contributed by atoms with Crippen LogP contribution in [0.2, 0.25) is 0 Å². The number of rotatable bonds is 8. The van der Waals surface area contributed by atoms with Crippen molar-refractivity contribution < 1.29 is 14.6 Å². The largest absolute Gasteiger partial charge is 0.508 e. The van der Waals surface area contributed by atoms with Crippen molar-refractivity contribution in [2.24, 2.45) is 5.92 Å². The van der Waals surface area contributed by atoms with Crippen molar-refractivity contribution in [2.75, 3.05) is 26.2 Å². The van der Waals surface area contributed by atoms with E-state index in [0.29, 0.717) is 11.7 Å². The Labute approximate surface area is 226 Å². The number of aromatic hydroxyl groups is 1. The van der Waals surface area contributed by atoms with Gasteiger partial charge in [0.15, 0.2) is 0 Å². The van der Waals surface area contributed by atoms with E-state index in [1.54, 1.807) is 6.07 Å². The van der Waals surface area contributed by atoms with Crippen molar-refractivity contribution in [3.05, 3.63) is 95.1 Å². The second-order valence-electron chi connectivity index (χ2n) is 11.5. The topological polar surface area (TPSA) is 53.0 Å². The summed E-state index contributed by atoms with van der Waals surface area (Å²) in [5, 5.41) is 10.2. The number of ether oxygens (including phenoxy) is 1. The molecule has 1 saturated carbocycles. The van der Waals surface area contributed by atoms with E-state index in [2.05, 4.69) is 41.0 Å². The minimum atomic E-state index is -0.158. The molecule has 0 bridgehead atoms. The Morgan fingerprint density at radius 1 is 1.05 bits per heavy atom. The Hall–Kier alpha value is -3.31. The van der Waals surface area contributed by atoms with Gasteiger partial charge in [0.1, 0.15) is 11.5 Å². The molecule has 6 rings (SSSR count). The first-order valence-electron chi connectivity index (χ1n) is 14.2. The van der Waals surface area contributed by atoms with Crippen LogP contribution in [0.1, 0.15) is 65.7 Å². The Morgan fingerprint density at radius 3 is 2.58 bits per heavy atom. The van der Waals surface area contributed by atoms with Gasteiger partial charge in [0.2, 0.25) is 0 Å². The molecule has 198 valence electrons. The number of carbonyl (C=O) groups excluding carboxylic acids is 1. The first-order valence-corrected chi connectivity index (χ1v) is 14.2.